The summed E-state index contributed by atoms with van der Waals surface area (Å²) in [5.74, 6) is 0.264. The van der Waals surface area contributed by atoms with Crippen molar-refractivity contribution in [1.29, 1.82) is 0 Å². The second-order valence-electron chi connectivity index (χ2n) is 6.11. The van der Waals surface area contributed by atoms with Crippen LogP contribution in [0.25, 0.3) is 10.6 Å². The maximum atomic E-state index is 12.7. The van der Waals surface area contributed by atoms with E-state index in [9.17, 15) is 4.79 Å². The van der Waals surface area contributed by atoms with Gasteiger partial charge in [0, 0.05) is 29.0 Å². The van der Waals surface area contributed by atoms with Crippen LogP contribution in [-0.4, -0.2) is 25.7 Å². The number of aryl methyl sites for hydroxylation is 1. The van der Waals surface area contributed by atoms with Crippen molar-refractivity contribution < 1.29 is 4.79 Å². The van der Waals surface area contributed by atoms with Crippen molar-refractivity contribution in [3.63, 3.8) is 0 Å². The van der Waals surface area contributed by atoms with Gasteiger partial charge in [-0.2, -0.15) is 5.10 Å². The van der Waals surface area contributed by atoms with Crippen LogP contribution in [0.3, 0.4) is 0 Å². The third-order valence-corrected chi connectivity index (χ3v) is 5.48. The van der Waals surface area contributed by atoms with Crippen LogP contribution in [0.15, 0.2) is 60.9 Å². The van der Waals surface area contributed by atoms with E-state index in [1.807, 2.05) is 55.6 Å². The Morgan fingerprint density at radius 3 is 2.75 bits per heavy atom. The van der Waals surface area contributed by atoms with E-state index < -0.39 is 0 Å². The van der Waals surface area contributed by atoms with E-state index in [2.05, 4.69) is 20.4 Å². The summed E-state index contributed by atoms with van der Waals surface area (Å²) in [6.07, 6.45) is 3.55. The normalized spacial score (nSPS) is 10.8. The molecule has 0 bridgehead atoms. The van der Waals surface area contributed by atoms with Gasteiger partial charge in [0.25, 0.3) is 5.91 Å². The zero-order valence-electron chi connectivity index (χ0n) is 15.0. The second-order valence-corrected chi connectivity index (χ2v) is 7.55. The molecule has 0 saturated heterocycles. The van der Waals surface area contributed by atoms with Crippen molar-refractivity contribution in [1.82, 2.24) is 19.7 Å². The number of nitrogens with one attached hydrogen (secondary N) is 1. The molecule has 0 spiro atoms. The first-order valence-corrected chi connectivity index (χ1v) is 9.76. The first-order chi connectivity index (χ1) is 13.6. The van der Waals surface area contributed by atoms with Gasteiger partial charge in [-0.1, -0.05) is 29.8 Å². The predicted octanol–water partition coefficient (Wildman–Crippen LogP) is 4.66. The van der Waals surface area contributed by atoms with E-state index in [1.165, 1.54) is 11.3 Å². The minimum Gasteiger partial charge on any atom is -0.304 e. The number of hydrogen-bond donors (Lipinski definition) is 1. The van der Waals surface area contributed by atoms with Gasteiger partial charge in [-0.05, 0) is 31.2 Å². The molecule has 1 amide bonds. The lowest BCUT2D eigenvalue weighted by Gasteiger charge is -2.02. The Kier molecular flexibility index (Phi) is 5.18. The summed E-state index contributed by atoms with van der Waals surface area (Å²) >= 11 is 7.28. The molecule has 4 rings (SSSR count). The van der Waals surface area contributed by atoms with E-state index in [1.54, 1.807) is 16.9 Å². The molecule has 0 saturated carbocycles. The molecule has 4 aromatic rings. The lowest BCUT2D eigenvalue weighted by atomic mass is 10.2. The number of carbonyl (C=O) groups excluding carboxylic acids is 1. The summed E-state index contributed by atoms with van der Waals surface area (Å²) in [5.41, 5.74) is 2.51. The van der Waals surface area contributed by atoms with E-state index in [-0.39, 0.29) is 5.91 Å². The van der Waals surface area contributed by atoms with Gasteiger partial charge in [0.2, 0.25) is 0 Å². The molecule has 140 valence electrons. The Morgan fingerprint density at radius 2 is 2.00 bits per heavy atom. The quantitative estimate of drug-likeness (QED) is 0.520. The van der Waals surface area contributed by atoms with Crippen molar-refractivity contribution in [2.75, 3.05) is 5.32 Å². The highest BCUT2D eigenvalue weighted by atomic mass is 35.5. The van der Waals surface area contributed by atoms with Crippen molar-refractivity contribution >= 4 is 34.7 Å². The van der Waals surface area contributed by atoms with Crippen LogP contribution in [0.1, 0.15) is 21.1 Å². The first kappa shape index (κ1) is 18.3. The van der Waals surface area contributed by atoms with E-state index in [0.29, 0.717) is 28.0 Å². The minimum absolute atomic E-state index is 0.224. The van der Waals surface area contributed by atoms with Gasteiger partial charge in [-0.25, -0.2) is 4.98 Å². The number of pyridine rings is 1. The third kappa shape index (κ3) is 4.11. The molecule has 3 aromatic heterocycles. The average Bonchev–Trinajstić information content (AvgIpc) is 3.29. The van der Waals surface area contributed by atoms with Gasteiger partial charge in [-0.3, -0.25) is 14.5 Å². The van der Waals surface area contributed by atoms with Crippen LogP contribution in [0.5, 0.6) is 0 Å². The van der Waals surface area contributed by atoms with Crippen LogP contribution in [0.2, 0.25) is 5.02 Å². The molecule has 28 heavy (non-hydrogen) atoms. The highest BCUT2D eigenvalue weighted by Gasteiger charge is 2.17. The van der Waals surface area contributed by atoms with Gasteiger partial charge in [0.1, 0.15) is 9.88 Å². The maximum absolute atomic E-state index is 12.7. The Bertz CT molecular complexity index is 1110. The van der Waals surface area contributed by atoms with Crippen LogP contribution >= 0.6 is 22.9 Å². The van der Waals surface area contributed by atoms with Crippen molar-refractivity contribution in [2.24, 2.45) is 0 Å². The molecular formula is C20H16ClN5OS. The maximum Gasteiger partial charge on any atom is 0.268 e. The number of thiazole rings is 1. The molecule has 0 aliphatic rings. The number of benzene rings is 1. The van der Waals surface area contributed by atoms with Crippen LogP contribution in [0, 0.1) is 6.92 Å². The Morgan fingerprint density at radius 1 is 1.18 bits per heavy atom. The summed E-state index contributed by atoms with van der Waals surface area (Å²) in [4.78, 5) is 22.0. The fraction of sp³-hybridized carbons (Fsp3) is 0.100. The van der Waals surface area contributed by atoms with Gasteiger partial charge in [0.05, 0.1) is 17.9 Å². The van der Waals surface area contributed by atoms with Crippen LogP contribution < -0.4 is 5.32 Å². The van der Waals surface area contributed by atoms with Crippen molar-refractivity contribution in [3.05, 3.63) is 82.2 Å². The van der Waals surface area contributed by atoms with E-state index in [0.717, 1.165) is 16.3 Å². The average molecular weight is 410 g/mol. The fourth-order valence-corrected chi connectivity index (χ4v) is 3.76. The number of carbonyl (C=O) groups is 1. The SMILES string of the molecule is Cc1nc(-c2ccc(Cl)cc2)sc1C(=O)Nc1ccn(Cc2ccccn2)n1. The van der Waals surface area contributed by atoms with Crippen LogP contribution in [-0.2, 0) is 6.54 Å². The Balaban J connectivity index is 1.47. The number of amides is 1. The van der Waals surface area contributed by atoms with E-state index >= 15 is 0 Å². The lowest BCUT2D eigenvalue weighted by molar-refractivity contribution is 0.102. The molecule has 0 atom stereocenters. The van der Waals surface area contributed by atoms with Crippen molar-refractivity contribution in [2.45, 2.75) is 13.5 Å². The second kappa shape index (κ2) is 7.92. The molecule has 0 unspecified atom stereocenters. The summed E-state index contributed by atoms with van der Waals surface area (Å²) < 4.78 is 1.73. The first-order valence-electron chi connectivity index (χ1n) is 8.56. The summed E-state index contributed by atoms with van der Waals surface area (Å²) in [7, 11) is 0. The number of nitrogens with zero attached hydrogens (tertiary/aromatic N) is 4. The van der Waals surface area contributed by atoms with E-state index in [4.69, 9.17) is 11.6 Å². The standard InChI is InChI=1S/C20H16ClN5OS/c1-13-18(28-20(23-13)14-5-7-15(21)8-6-14)19(27)24-17-9-11-26(25-17)12-16-4-2-3-10-22-16/h2-11H,12H2,1H3,(H,24,25,27). The molecular weight excluding hydrogens is 394 g/mol. The third-order valence-electron chi connectivity index (χ3n) is 4.03. The predicted molar refractivity (Wildman–Crippen MR) is 111 cm³/mol. The molecule has 0 aliphatic heterocycles. The van der Waals surface area contributed by atoms with Gasteiger partial charge < -0.3 is 5.32 Å². The smallest absolute Gasteiger partial charge is 0.268 e. The summed E-state index contributed by atoms with van der Waals surface area (Å²) in [6.45, 7) is 2.36. The number of hydrogen-bond acceptors (Lipinski definition) is 5. The zero-order valence-corrected chi connectivity index (χ0v) is 16.5. The van der Waals surface area contributed by atoms with Gasteiger partial charge in [0.15, 0.2) is 5.82 Å². The molecule has 0 aliphatic carbocycles. The fourth-order valence-electron chi connectivity index (χ4n) is 2.67. The van der Waals surface area contributed by atoms with Gasteiger partial charge in [-0.15, -0.1) is 11.3 Å². The Hall–Kier alpha value is -3.03. The number of anilines is 1. The minimum atomic E-state index is -0.224. The zero-order chi connectivity index (χ0) is 19.5. The molecule has 3 heterocycles. The molecule has 6 nitrogen and oxygen atoms in total. The monoisotopic (exact) mass is 409 g/mol. The summed E-state index contributed by atoms with van der Waals surface area (Å²) in [6, 6.07) is 14.9. The lowest BCUT2D eigenvalue weighted by Crippen LogP contribution is -2.12. The largest absolute Gasteiger partial charge is 0.304 e. The summed E-state index contributed by atoms with van der Waals surface area (Å²) in [5, 5.41) is 8.67. The number of halogens is 1. The number of rotatable bonds is 5. The molecule has 1 N–H and O–H groups in total. The number of aromatic nitrogens is 4. The highest BCUT2D eigenvalue weighted by molar-refractivity contribution is 7.17. The molecule has 8 heteroatoms. The topological polar surface area (TPSA) is 72.7 Å². The molecule has 0 fully saturated rings. The Labute approximate surface area is 170 Å². The molecule has 0 radical (unpaired) electrons. The van der Waals surface area contributed by atoms with Crippen LogP contribution in [0.4, 0.5) is 5.82 Å². The molecule has 1 aromatic carbocycles. The highest BCUT2D eigenvalue weighted by Crippen LogP contribution is 2.29. The van der Waals surface area contributed by atoms with Gasteiger partial charge >= 0.3 is 0 Å². The van der Waals surface area contributed by atoms with Crippen molar-refractivity contribution in [3.8, 4) is 10.6 Å².